The zero-order valence-electron chi connectivity index (χ0n) is 26.7. The summed E-state index contributed by atoms with van der Waals surface area (Å²) >= 11 is 0. The normalized spacial score (nSPS) is 10.6. The Morgan fingerprint density at radius 3 is 1.70 bits per heavy atom. The molecule has 3 rings (SSSR count). The van der Waals surface area contributed by atoms with Crippen molar-refractivity contribution in [2.24, 2.45) is 4.99 Å². The molecule has 0 fully saturated rings. The second-order valence-electron chi connectivity index (χ2n) is 10.1. The van der Waals surface area contributed by atoms with E-state index in [2.05, 4.69) is 18.2 Å². The average molecular weight is 644 g/mol. The van der Waals surface area contributed by atoms with Crippen LogP contribution in [0.4, 0.5) is 5.69 Å². The Kier molecular flexibility index (Phi) is 15.8. The molecule has 0 N–H and O–H groups in total. The maximum atomic E-state index is 12.7. The van der Waals surface area contributed by atoms with E-state index in [1.165, 1.54) is 7.11 Å². The summed E-state index contributed by atoms with van der Waals surface area (Å²) in [6.07, 6.45) is 8.94. The molecule has 0 bridgehead atoms. The van der Waals surface area contributed by atoms with Crippen molar-refractivity contribution in [2.75, 3.05) is 33.5 Å². The Bertz CT molecular complexity index is 1480. The molecule has 248 valence electrons. The molecule has 47 heavy (non-hydrogen) atoms. The van der Waals surface area contributed by atoms with Crippen LogP contribution in [0, 0.1) is 0 Å². The number of carbonyl (C=O) groups excluding carboxylic acids is 3. The van der Waals surface area contributed by atoms with Crippen molar-refractivity contribution in [3.8, 4) is 23.0 Å². The van der Waals surface area contributed by atoms with Gasteiger partial charge in [0, 0.05) is 24.4 Å². The van der Waals surface area contributed by atoms with Crippen LogP contribution in [0.1, 0.15) is 54.4 Å². The number of methoxy groups -OCH3 is 1. The van der Waals surface area contributed by atoms with Crippen LogP contribution >= 0.6 is 0 Å². The minimum absolute atomic E-state index is 0.323. The molecular formula is C37H41NO9. The van der Waals surface area contributed by atoms with Crippen LogP contribution in [0.5, 0.6) is 23.0 Å². The van der Waals surface area contributed by atoms with E-state index in [0.29, 0.717) is 54.9 Å². The third-order valence-corrected chi connectivity index (χ3v) is 6.62. The van der Waals surface area contributed by atoms with Crippen LogP contribution < -0.4 is 18.9 Å². The van der Waals surface area contributed by atoms with Gasteiger partial charge >= 0.3 is 17.9 Å². The lowest BCUT2D eigenvalue weighted by atomic mass is 10.2. The van der Waals surface area contributed by atoms with Gasteiger partial charge in [0.05, 0.1) is 39.1 Å². The Hall–Kier alpha value is -5.38. The number of esters is 3. The van der Waals surface area contributed by atoms with Crippen molar-refractivity contribution >= 4 is 29.8 Å². The van der Waals surface area contributed by atoms with Gasteiger partial charge in [-0.05, 0) is 105 Å². The van der Waals surface area contributed by atoms with Crippen LogP contribution in [0.2, 0.25) is 0 Å². The third-order valence-electron chi connectivity index (χ3n) is 6.62. The van der Waals surface area contributed by atoms with Gasteiger partial charge in [-0.25, -0.2) is 14.4 Å². The van der Waals surface area contributed by atoms with E-state index >= 15 is 0 Å². The van der Waals surface area contributed by atoms with E-state index in [-0.39, 0.29) is 0 Å². The van der Waals surface area contributed by atoms with Crippen molar-refractivity contribution in [1.29, 1.82) is 0 Å². The van der Waals surface area contributed by atoms with Crippen molar-refractivity contribution in [1.82, 2.24) is 0 Å². The first-order chi connectivity index (χ1) is 22.9. The standard InChI is InChI=1S/C37H41NO9/c1-4-35(39)45-24-10-6-8-22-43-30-16-12-28(13-17-30)27-38-33-21-20-32(26-34(33)42-3)47-37(41)29-14-18-31(19-15-29)44-23-9-7-11-25-46-36(40)5-2/h4-5,12-21,26-27H,1-2,6-11,22-25H2,3H3. The number of carbonyl (C=O) groups is 3. The fourth-order valence-corrected chi connectivity index (χ4v) is 4.08. The predicted octanol–water partition coefficient (Wildman–Crippen LogP) is 7.22. The number of ether oxygens (including phenoxy) is 6. The molecule has 3 aromatic rings. The van der Waals surface area contributed by atoms with Crippen molar-refractivity contribution in [2.45, 2.75) is 38.5 Å². The molecule has 0 saturated heterocycles. The van der Waals surface area contributed by atoms with Crippen molar-refractivity contribution < 1.29 is 42.8 Å². The van der Waals surface area contributed by atoms with Crippen LogP contribution in [0.3, 0.4) is 0 Å². The first-order valence-electron chi connectivity index (χ1n) is 15.4. The van der Waals surface area contributed by atoms with Gasteiger partial charge < -0.3 is 28.4 Å². The van der Waals surface area contributed by atoms with Gasteiger partial charge in [-0.2, -0.15) is 0 Å². The maximum absolute atomic E-state index is 12.7. The molecule has 0 saturated carbocycles. The topological polar surface area (TPSA) is 119 Å². The summed E-state index contributed by atoms with van der Waals surface area (Å²) in [5.41, 5.74) is 1.82. The minimum Gasteiger partial charge on any atom is -0.494 e. The molecule has 0 aliphatic rings. The quantitative estimate of drug-likeness (QED) is 0.0390. The first kappa shape index (κ1) is 36.1. The maximum Gasteiger partial charge on any atom is 0.343 e. The summed E-state index contributed by atoms with van der Waals surface area (Å²) in [7, 11) is 1.52. The molecular weight excluding hydrogens is 602 g/mol. The Balaban J connectivity index is 1.41. The minimum atomic E-state index is -0.514. The highest BCUT2D eigenvalue weighted by atomic mass is 16.5. The van der Waals surface area contributed by atoms with Gasteiger partial charge in [-0.15, -0.1) is 0 Å². The average Bonchev–Trinajstić information content (AvgIpc) is 3.10. The molecule has 0 radical (unpaired) electrons. The zero-order valence-corrected chi connectivity index (χ0v) is 26.7. The number of hydrogen-bond acceptors (Lipinski definition) is 10. The third kappa shape index (κ3) is 13.7. The number of unbranched alkanes of at least 4 members (excludes halogenated alkanes) is 4. The highest BCUT2D eigenvalue weighted by Crippen LogP contribution is 2.32. The largest absolute Gasteiger partial charge is 0.494 e. The predicted molar refractivity (Wildman–Crippen MR) is 179 cm³/mol. The number of nitrogens with zero attached hydrogens (tertiary/aromatic N) is 1. The highest BCUT2D eigenvalue weighted by Gasteiger charge is 2.12. The molecule has 10 heteroatoms. The van der Waals surface area contributed by atoms with Gasteiger partial charge in [0.2, 0.25) is 0 Å². The van der Waals surface area contributed by atoms with E-state index in [1.807, 2.05) is 24.3 Å². The fraction of sp³-hybridized carbons (Fsp3) is 0.297. The van der Waals surface area contributed by atoms with E-state index in [4.69, 9.17) is 28.4 Å². The number of benzene rings is 3. The Morgan fingerprint density at radius 1 is 0.660 bits per heavy atom. The van der Waals surface area contributed by atoms with Gasteiger partial charge in [-0.1, -0.05) is 13.2 Å². The molecule has 0 aliphatic heterocycles. The van der Waals surface area contributed by atoms with E-state index in [0.717, 1.165) is 62.0 Å². The zero-order chi connectivity index (χ0) is 33.7. The first-order valence-corrected chi connectivity index (χ1v) is 15.4. The lowest BCUT2D eigenvalue weighted by Crippen LogP contribution is -2.08. The van der Waals surface area contributed by atoms with Crippen LogP contribution in [-0.4, -0.2) is 57.7 Å². The van der Waals surface area contributed by atoms with Crippen LogP contribution in [0.15, 0.2) is 97.0 Å². The number of hydrogen-bond donors (Lipinski definition) is 0. The van der Waals surface area contributed by atoms with Gasteiger partial charge in [-0.3, -0.25) is 4.99 Å². The van der Waals surface area contributed by atoms with Gasteiger partial charge in [0.25, 0.3) is 0 Å². The molecule has 0 spiro atoms. The number of rotatable bonds is 21. The molecule has 0 heterocycles. The second-order valence-corrected chi connectivity index (χ2v) is 10.1. The summed E-state index contributed by atoms with van der Waals surface area (Å²) in [4.78, 5) is 39.3. The van der Waals surface area contributed by atoms with Gasteiger partial charge in [0.1, 0.15) is 28.7 Å². The molecule has 3 aromatic carbocycles. The summed E-state index contributed by atoms with van der Waals surface area (Å²) in [6, 6.07) is 19.3. The fourth-order valence-electron chi connectivity index (χ4n) is 4.08. The Labute approximate surface area is 275 Å². The molecule has 0 aliphatic carbocycles. The molecule has 0 aromatic heterocycles. The second kappa shape index (κ2) is 20.6. The van der Waals surface area contributed by atoms with Crippen LogP contribution in [0.25, 0.3) is 0 Å². The van der Waals surface area contributed by atoms with E-state index in [9.17, 15) is 14.4 Å². The summed E-state index contributed by atoms with van der Waals surface area (Å²) in [6.45, 7) is 8.54. The number of aliphatic imine (C=N–C) groups is 1. The smallest absolute Gasteiger partial charge is 0.343 e. The monoisotopic (exact) mass is 643 g/mol. The van der Waals surface area contributed by atoms with Crippen molar-refractivity contribution in [3.05, 3.63) is 103 Å². The summed E-state index contributed by atoms with van der Waals surface area (Å²) < 4.78 is 32.4. The SMILES string of the molecule is C=CC(=O)OCCCCCOc1ccc(C=Nc2ccc(OC(=O)c3ccc(OCCCCCOC(=O)C=C)cc3)cc2OC)cc1. The van der Waals surface area contributed by atoms with E-state index in [1.54, 1.807) is 48.7 Å². The lowest BCUT2D eigenvalue weighted by Gasteiger charge is -2.10. The Morgan fingerprint density at radius 2 is 1.17 bits per heavy atom. The van der Waals surface area contributed by atoms with Crippen molar-refractivity contribution in [3.63, 3.8) is 0 Å². The molecule has 10 nitrogen and oxygen atoms in total. The van der Waals surface area contributed by atoms with E-state index < -0.39 is 17.9 Å². The molecule has 0 unspecified atom stereocenters. The van der Waals surface area contributed by atoms with Gasteiger partial charge in [0.15, 0.2) is 0 Å². The molecule has 0 atom stereocenters. The summed E-state index contributed by atoms with van der Waals surface area (Å²) in [5.74, 6) is 0.836. The van der Waals surface area contributed by atoms with Crippen LogP contribution in [-0.2, 0) is 19.1 Å². The molecule has 0 amide bonds. The highest BCUT2D eigenvalue weighted by molar-refractivity contribution is 5.91. The summed E-state index contributed by atoms with van der Waals surface area (Å²) in [5, 5.41) is 0. The lowest BCUT2D eigenvalue weighted by molar-refractivity contribution is -0.138.